The van der Waals surface area contributed by atoms with Crippen LogP contribution in [0.2, 0.25) is 0 Å². The summed E-state index contributed by atoms with van der Waals surface area (Å²) in [4.78, 5) is 16.9. The van der Waals surface area contributed by atoms with E-state index < -0.39 is 4.92 Å². The maximum Gasteiger partial charge on any atom is 0.271 e. The zero-order chi connectivity index (χ0) is 12.7. The van der Waals surface area contributed by atoms with Crippen LogP contribution in [0.4, 0.5) is 10.8 Å². The monoisotopic (exact) mass is 300 g/mol. The number of hydrogen-bond acceptors (Lipinski definition) is 6. The van der Waals surface area contributed by atoms with Crippen molar-refractivity contribution in [1.82, 2.24) is 4.98 Å². The molecule has 2 heterocycles. The van der Waals surface area contributed by atoms with E-state index in [0.717, 1.165) is 29.3 Å². The van der Waals surface area contributed by atoms with Gasteiger partial charge in [0, 0.05) is 31.3 Å². The van der Waals surface area contributed by atoms with Gasteiger partial charge in [-0.1, -0.05) is 11.3 Å². The number of halogens is 1. The van der Waals surface area contributed by atoms with Gasteiger partial charge in [0.05, 0.1) is 15.1 Å². The molecule has 1 atom stereocenters. The van der Waals surface area contributed by atoms with Crippen molar-refractivity contribution in [3.05, 3.63) is 28.3 Å². The molecular weight excluding hydrogens is 288 g/mol. The molecule has 0 amide bonds. The number of nitrogens with two attached hydrogens (primary N) is 1. The maximum atomic E-state index is 10.7. The van der Waals surface area contributed by atoms with E-state index in [1.54, 1.807) is 17.4 Å². The molecule has 3 rings (SSSR count). The van der Waals surface area contributed by atoms with E-state index in [0.29, 0.717) is 5.52 Å². The third-order valence-electron chi connectivity index (χ3n) is 3.07. The molecule has 2 N–H and O–H groups in total. The lowest BCUT2D eigenvalue weighted by atomic mass is 10.3. The minimum atomic E-state index is -0.399. The molecule has 2 aromatic rings. The second-order valence-electron chi connectivity index (χ2n) is 4.40. The first-order valence-electron chi connectivity index (χ1n) is 5.69. The molecule has 0 aliphatic carbocycles. The summed E-state index contributed by atoms with van der Waals surface area (Å²) in [5.41, 5.74) is 6.63. The first kappa shape index (κ1) is 14.0. The number of thiazole rings is 1. The van der Waals surface area contributed by atoms with Crippen LogP contribution in [0.15, 0.2) is 18.2 Å². The fraction of sp³-hybridized carbons (Fsp3) is 0.364. The summed E-state index contributed by atoms with van der Waals surface area (Å²) < 4.78 is 0.969. The van der Waals surface area contributed by atoms with Crippen LogP contribution in [0.5, 0.6) is 0 Å². The van der Waals surface area contributed by atoms with Crippen molar-refractivity contribution in [2.45, 2.75) is 12.5 Å². The van der Waals surface area contributed by atoms with Crippen molar-refractivity contribution >= 4 is 44.8 Å². The molecule has 1 aliphatic rings. The van der Waals surface area contributed by atoms with Crippen molar-refractivity contribution in [3.8, 4) is 0 Å². The van der Waals surface area contributed by atoms with Crippen molar-refractivity contribution in [1.29, 1.82) is 0 Å². The van der Waals surface area contributed by atoms with Crippen LogP contribution in [-0.2, 0) is 0 Å². The highest BCUT2D eigenvalue weighted by Crippen LogP contribution is 2.32. The highest BCUT2D eigenvalue weighted by Gasteiger charge is 2.22. The Morgan fingerprint density at radius 3 is 2.95 bits per heavy atom. The Bertz CT molecular complexity index is 618. The van der Waals surface area contributed by atoms with E-state index in [-0.39, 0.29) is 24.1 Å². The Balaban J connectivity index is 0.00000133. The number of nitro groups is 1. The van der Waals surface area contributed by atoms with E-state index in [1.165, 1.54) is 12.1 Å². The Labute approximate surface area is 119 Å². The molecule has 102 valence electrons. The molecule has 1 aromatic heterocycles. The first-order chi connectivity index (χ1) is 8.63. The van der Waals surface area contributed by atoms with Gasteiger partial charge >= 0.3 is 0 Å². The van der Waals surface area contributed by atoms with Crippen LogP contribution in [0, 0.1) is 10.1 Å². The normalized spacial score (nSPS) is 18.6. The van der Waals surface area contributed by atoms with E-state index in [2.05, 4.69) is 9.88 Å². The molecule has 0 spiro atoms. The Hall–Kier alpha value is -1.44. The van der Waals surface area contributed by atoms with Crippen LogP contribution in [0.25, 0.3) is 10.2 Å². The summed E-state index contributed by atoms with van der Waals surface area (Å²) in [6, 6.07) is 4.99. The molecule has 1 fully saturated rings. The maximum absolute atomic E-state index is 10.7. The lowest BCUT2D eigenvalue weighted by Crippen LogP contribution is -2.26. The van der Waals surface area contributed by atoms with Gasteiger partial charge in [0.25, 0.3) is 5.69 Å². The molecular formula is C11H13ClN4O2S. The molecule has 1 aliphatic heterocycles. The van der Waals surface area contributed by atoms with Crippen LogP contribution in [0.1, 0.15) is 6.42 Å². The molecule has 1 aromatic carbocycles. The molecule has 0 saturated carbocycles. The first-order valence-corrected chi connectivity index (χ1v) is 6.50. The number of benzene rings is 1. The molecule has 0 radical (unpaired) electrons. The molecule has 0 bridgehead atoms. The Morgan fingerprint density at radius 2 is 2.32 bits per heavy atom. The zero-order valence-corrected chi connectivity index (χ0v) is 11.6. The number of non-ortho nitro benzene ring substituents is 1. The number of rotatable bonds is 2. The molecule has 8 heteroatoms. The average Bonchev–Trinajstić information content (AvgIpc) is 2.93. The zero-order valence-electron chi connectivity index (χ0n) is 9.98. The van der Waals surface area contributed by atoms with Crippen molar-refractivity contribution in [2.75, 3.05) is 18.0 Å². The third kappa shape index (κ3) is 2.63. The predicted molar refractivity (Wildman–Crippen MR) is 78.3 cm³/mol. The number of nitro benzene ring substituents is 1. The summed E-state index contributed by atoms with van der Waals surface area (Å²) >= 11 is 1.55. The lowest BCUT2D eigenvalue weighted by molar-refractivity contribution is -0.384. The second kappa shape index (κ2) is 5.28. The molecule has 6 nitrogen and oxygen atoms in total. The average molecular weight is 301 g/mol. The largest absolute Gasteiger partial charge is 0.346 e. The van der Waals surface area contributed by atoms with Gasteiger partial charge in [-0.3, -0.25) is 10.1 Å². The van der Waals surface area contributed by atoms with Gasteiger partial charge in [0.1, 0.15) is 0 Å². The summed E-state index contributed by atoms with van der Waals surface area (Å²) in [5, 5.41) is 11.6. The van der Waals surface area contributed by atoms with E-state index >= 15 is 0 Å². The highest BCUT2D eigenvalue weighted by atomic mass is 35.5. The van der Waals surface area contributed by atoms with Crippen LogP contribution in [0.3, 0.4) is 0 Å². The van der Waals surface area contributed by atoms with Gasteiger partial charge in [0.2, 0.25) is 0 Å². The van der Waals surface area contributed by atoms with Crippen LogP contribution >= 0.6 is 23.7 Å². The predicted octanol–water partition coefficient (Wildman–Crippen LogP) is 2.16. The third-order valence-corrected chi connectivity index (χ3v) is 4.16. The Kier molecular flexibility index (Phi) is 3.88. The number of anilines is 1. The van der Waals surface area contributed by atoms with E-state index in [1.807, 2.05) is 0 Å². The van der Waals surface area contributed by atoms with Crippen LogP contribution < -0.4 is 10.6 Å². The van der Waals surface area contributed by atoms with E-state index in [4.69, 9.17) is 5.73 Å². The summed E-state index contributed by atoms with van der Waals surface area (Å²) in [7, 11) is 0. The number of hydrogen-bond donors (Lipinski definition) is 1. The standard InChI is InChI=1S/C11H12N4O2S.ClH/c12-7-3-4-14(6-7)11-13-9-5-8(15(16)17)1-2-10(9)18-11;/h1-2,5,7H,3-4,6,12H2;1H/t7-;/m1./s1. The van der Waals surface area contributed by atoms with Crippen molar-refractivity contribution in [2.24, 2.45) is 5.73 Å². The van der Waals surface area contributed by atoms with Gasteiger partial charge in [0.15, 0.2) is 5.13 Å². The fourth-order valence-electron chi connectivity index (χ4n) is 2.11. The van der Waals surface area contributed by atoms with Crippen molar-refractivity contribution < 1.29 is 4.92 Å². The lowest BCUT2D eigenvalue weighted by Gasteiger charge is -2.12. The number of fused-ring (bicyclic) bond motifs is 1. The topological polar surface area (TPSA) is 85.3 Å². The molecule has 19 heavy (non-hydrogen) atoms. The van der Waals surface area contributed by atoms with Gasteiger partial charge in [-0.2, -0.15) is 0 Å². The fourth-order valence-corrected chi connectivity index (χ4v) is 3.09. The summed E-state index contributed by atoms with van der Waals surface area (Å²) in [5.74, 6) is 0. The summed E-state index contributed by atoms with van der Waals surface area (Å²) in [6.45, 7) is 1.71. The van der Waals surface area contributed by atoms with Crippen molar-refractivity contribution in [3.63, 3.8) is 0 Å². The van der Waals surface area contributed by atoms with Gasteiger partial charge < -0.3 is 10.6 Å². The van der Waals surface area contributed by atoms with Gasteiger partial charge in [-0.15, -0.1) is 12.4 Å². The van der Waals surface area contributed by atoms with Gasteiger partial charge in [-0.05, 0) is 12.5 Å². The Morgan fingerprint density at radius 1 is 1.53 bits per heavy atom. The number of nitrogens with zero attached hydrogens (tertiary/aromatic N) is 3. The smallest absolute Gasteiger partial charge is 0.271 e. The minimum Gasteiger partial charge on any atom is -0.346 e. The van der Waals surface area contributed by atoms with Crippen LogP contribution in [-0.4, -0.2) is 29.0 Å². The van der Waals surface area contributed by atoms with E-state index in [9.17, 15) is 10.1 Å². The molecule has 0 unspecified atom stereocenters. The number of aromatic nitrogens is 1. The minimum absolute atomic E-state index is 0. The summed E-state index contributed by atoms with van der Waals surface area (Å²) in [6.07, 6.45) is 0.968. The van der Waals surface area contributed by atoms with Gasteiger partial charge in [-0.25, -0.2) is 4.98 Å². The quantitative estimate of drug-likeness (QED) is 0.678. The second-order valence-corrected chi connectivity index (χ2v) is 5.41. The highest BCUT2D eigenvalue weighted by molar-refractivity contribution is 7.22. The SMILES string of the molecule is Cl.N[C@@H]1CCN(c2nc3cc([N+](=O)[O-])ccc3s2)C1. The molecule has 1 saturated heterocycles.